The van der Waals surface area contributed by atoms with Crippen molar-refractivity contribution >= 4 is 0 Å². The van der Waals surface area contributed by atoms with E-state index < -0.39 is 0 Å². The molecular weight excluding hydrogens is 244 g/mol. The van der Waals surface area contributed by atoms with Crippen molar-refractivity contribution in [2.75, 3.05) is 0 Å². The van der Waals surface area contributed by atoms with E-state index in [9.17, 15) is 5.11 Å². The normalized spacial score (nSPS) is 58.6. The van der Waals surface area contributed by atoms with Crippen LogP contribution in [0.1, 0.15) is 78.1 Å². The van der Waals surface area contributed by atoms with E-state index in [1.54, 1.807) is 0 Å². The molecule has 1 N–H and O–H groups in total. The Labute approximate surface area is 124 Å². The molecule has 0 spiro atoms. The average Bonchev–Trinajstić information content (AvgIpc) is 2.81. The van der Waals surface area contributed by atoms with Gasteiger partial charge in [0.25, 0.3) is 0 Å². The van der Waals surface area contributed by atoms with Gasteiger partial charge < -0.3 is 5.11 Å². The van der Waals surface area contributed by atoms with Gasteiger partial charge >= 0.3 is 0 Å². The van der Waals surface area contributed by atoms with E-state index in [0.717, 1.165) is 36.5 Å². The Bertz CT molecular complexity index is 391. The Morgan fingerprint density at radius 2 is 1.70 bits per heavy atom. The maximum atomic E-state index is 10.0. The fraction of sp³-hybridized carbons (Fsp3) is 1.00. The molecule has 4 fully saturated rings. The molecule has 4 aliphatic rings. The van der Waals surface area contributed by atoms with Gasteiger partial charge in [0.15, 0.2) is 0 Å². The van der Waals surface area contributed by atoms with Gasteiger partial charge in [-0.05, 0) is 92.3 Å². The van der Waals surface area contributed by atoms with E-state index in [1.807, 2.05) is 0 Å². The first-order chi connectivity index (χ1) is 9.53. The summed E-state index contributed by atoms with van der Waals surface area (Å²) in [7, 11) is 0. The van der Waals surface area contributed by atoms with E-state index in [2.05, 4.69) is 13.8 Å². The molecule has 4 saturated carbocycles. The molecule has 1 nitrogen and oxygen atoms in total. The summed E-state index contributed by atoms with van der Waals surface area (Å²) in [5, 5.41) is 10.0. The summed E-state index contributed by atoms with van der Waals surface area (Å²) in [5.74, 6) is 3.85. The smallest absolute Gasteiger partial charge is 0.0543 e. The minimum atomic E-state index is 0.00459. The van der Waals surface area contributed by atoms with Crippen LogP contribution in [0.3, 0.4) is 0 Å². The Morgan fingerprint density at radius 1 is 0.850 bits per heavy atom. The van der Waals surface area contributed by atoms with Crippen LogP contribution >= 0.6 is 0 Å². The van der Waals surface area contributed by atoms with Crippen LogP contribution in [0.15, 0.2) is 0 Å². The third kappa shape index (κ3) is 1.77. The van der Waals surface area contributed by atoms with Crippen LogP contribution in [0.5, 0.6) is 0 Å². The summed E-state index contributed by atoms with van der Waals surface area (Å²) < 4.78 is 0. The Hall–Kier alpha value is -0.0400. The van der Waals surface area contributed by atoms with Crippen molar-refractivity contribution in [1.82, 2.24) is 0 Å². The second-order valence-electron chi connectivity index (χ2n) is 9.17. The summed E-state index contributed by atoms with van der Waals surface area (Å²) in [6, 6.07) is 0. The van der Waals surface area contributed by atoms with Crippen LogP contribution in [-0.4, -0.2) is 11.2 Å². The lowest BCUT2D eigenvalue weighted by atomic mass is 9.45. The van der Waals surface area contributed by atoms with E-state index in [1.165, 1.54) is 51.4 Å². The zero-order chi connectivity index (χ0) is 14.0. The summed E-state index contributed by atoms with van der Waals surface area (Å²) in [4.78, 5) is 0. The quantitative estimate of drug-likeness (QED) is 0.675. The van der Waals surface area contributed by atoms with Crippen LogP contribution in [0.25, 0.3) is 0 Å². The van der Waals surface area contributed by atoms with Crippen LogP contribution in [-0.2, 0) is 0 Å². The fourth-order valence-corrected chi connectivity index (χ4v) is 7.23. The van der Waals surface area contributed by atoms with Gasteiger partial charge in [0.05, 0.1) is 6.10 Å². The van der Waals surface area contributed by atoms with Gasteiger partial charge in [-0.25, -0.2) is 0 Å². The van der Waals surface area contributed by atoms with E-state index in [-0.39, 0.29) is 6.10 Å². The van der Waals surface area contributed by atoms with Crippen LogP contribution in [0.4, 0.5) is 0 Å². The molecule has 4 aliphatic carbocycles. The molecular formula is C19H32O. The molecule has 0 unspecified atom stereocenters. The molecule has 0 aliphatic heterocycles. The monoisotopic (exact) mass is 276 g/mol. The third-order valence-electron chi connectivity index (χ3n) is 8.42. The molecule has 0 aromatic heterocycles. The minimum absolute atomic E-state index is 0.00459. The molecule has 0 aromatic rings. The zero-order valence-electron chi connectivity index (χ0n) is 13.4. The van der Waals surface area contributed by atoms with Gasteiger partial charge in [-0.15, -0.1) is 0 Å². The number of hydrogen-bond acceptors (Lipinski definition) is 1. The van der Waals surface area contributed by atoms with Crippen LogP contribution in [0, 0.1) is 34.5 Å². The van der Waals surface area contributed by atoms with Crippen molar-refractivity contribution in [3.63, 3.8) is 0 Å². The Kier molecular flexibility index (Phi) is 3.05. The van der Waals surface area contributed by atoms with E-state index in [4.69, 9.17) is 0 Å². The molecule has 114 valence electrons. The number of hydrogen-bond donors (Lipinski definition) is 1. The van der Waals surface area contributed by atoms with Gasteiger partial charge in [-0.3, -0.25) is 0 Å². The molecule has 0 heterocycles. The molecule has 0 bridgehead atoms. The summed E-state index contributed by atoms with van der Waals surface area (Å²) in [6.45, 7) is 5.19. The van der Waals surface area contributed by atoms with Crippen molar-refractivity contribution in [3.8, 4) is 0 Å². The average molecular weight is 276 g/mol. The largest absolute Gasteiger partial charge is 0.393 e. The topological polar surface area (TPSA) is 20.2 Å². The Morgan fingerprint density at radius 3 is 2.55 bits per heavy atom. The highest BCUT2D eigenvalue weighted by Crippen LogP contribution is 2.66. The highest BCUT2D eigenvalue weighted by atomic mass is 16.3. The van der Waals surface area contributed by atoms with Crippen molar-refractivity contribution in [2.24, 2.45) is 34.5 Å². The standard InChI is InChI=1S/C19H32O/c1-18-9-3-4-16(18)15-6-5-13-12-14(20)7-11-19(13,2)17(15)8-10-18/h13-17,20H,3-12H2,1-2H3/t13-,14-,15-,16-,17-,18-,19-/m0/s1. The van der Waals surface area contributed by atoms with Gasteiger partial charge in [-0.2, -0.15) is 0 Å². The van der Waals surface area contributed by atoms with E-state index in [0.29, 0.717) is 10.8 Å². The Balaban J connectivity index is 1.62. The molecule has 0 saturated heterocycles. The molecule has 0 amide bonds. The lowest BCUT2D eigenvalue weighted by Gasteiger charge is -2.60. The summed E-state index contributed by atoms with van der Waals surface area (Å²) >= 11 is 0. The third-order valence-corrected chi connectivity index (χ3v) is 8.42. The van der Waals surface area contributed by atoms with Crippen molar-refractivity contribution in [2.45, 2.75) is 84.2 Å². The fourth-order valence-electron chi connectivity index (χ4n) is 7.23. The molecule has 4 rings (SSSR count). The van der Waals surface area contributed by atoms with E-state index >= 15 is 0 Å². The maximum absolute atomic E-state index is 10.0. The number of aliphatic hydroxyl groups excluding tert-OH is 1. The molecule has 0 aromatic carbocycles. The molecule has 0 radical (unpaired) electrons. The van der Waals surface area contributed by atoms with Crippen LogP contribution < -0.4 is 0 Å². The van der Waals surface area contributed by atoms with Crippen LogP contribution in [0.2, 0.25) is 0 Å². The number of fused-ring (bicyclic) bond motifs is 5. The number of rotatable bonds is 0. The zero-order valence-corrected chi connectivity index (χ0v) is 13.4. The van der Waals surface area contributed by atoms with Crippen molar-refractivity contribution in [3.05, 3.63) is 0 Å². The molecule has 7 atom stereocenters. The first kappa shape index (κ1) is 13.6. The first-order valence-electron chi connectivity index (χ1n) is 9.21. The summed E-state index contributed by atoms with van der Waals surface area (Å²) in [6.07, 6.45) is 13.8. The van der Waals surface area contributed by atoms with Gasteiger partial charge in [-0.1, -0.05) is 20.3 Å². The molecule has 1 heteroatoms. The predicted octanol–water partition coefficient (Wildman–Crippen LogP) is 4.78. The van der Waals surface area contributed by atoms with Gasteiger partial charge in [0, 0.05) is 0 Å². The second-order valence-corrected chi connectivity index (χ2v) is 9.17. The molecule has 20 heavy (non-hydrogen) atoms. The first-order valence-corrected chi connectivity index (χ1v) is 9.21. The van der Waals surface area contributed by atoms with Gasteiger partial charge in [0.2, 0.25) is 0 Å². The highest BCUT2D eigenvalue weighted by molar-refractivity contribution is 5.07. The van der Waals surface area contributed by atoms with Crippen molar-refractivity contribution in [1.29, 1.82) is 0 Å². The lowest BCUT2D eigenvalue weighted by Crippen LogP contribution is -2.53. The van der Waals surface area contributed by atoms with Crippen molar-refractivity contribution < 1.29 is 5.11 Å². The summed E-state index contributed by atoms with van der Waals surface area (Å²) in [5.41, 5.74) is 1.25. The maximum Gasteiger partial charge on any atom is 0.0543 e. The number of aliphatic hydroxyl groups is 1. The minimum Gasteiger partial charge on any atom is -0.393 e. The predicted molar refractivity (Wildman–Crippen MR) is 82.4 cm³/mol. The van der Waals surface area contributed by atoms with Gasteiger partial charge in [0.1, 0.15) is 0 Å². The second kappa shape index (κ2) is 4.48. The SMILES string of the molecule is C[C@@]12CCC[C@H]1[C@@H]1CC[C@H]3C[C@@H](O)CC[C@]3(C)[C@H]1CC2. The lowest BCUT2D eigenvalue weighted by molar-refractivity contribution is -0.120. The highest BCUT2D eigenvalue weighted by Gasteiger charge is 2.57.